The molecule has 176 valence electrons. The van der Waals surface area contributed by atoms with E-state index in [0.29, 0.717) is 23.7 Å². The van der Waals surface area contributed by atoms with Crippen molar-refractivity contribution in [3.05, 3.63) is 58.4 Å². The van der Waals surface area contributed by atoms with Gasteiger partial charge in [-0.05, 0) is 51.0 Å². The van der Waals surface area contributed by atoms with Crippen molar-refractivity contribution >= 4 is 23.4 Å². The molecular weight excluding hydrogens is 447 g/mol. The van der Waals surface area contributed by atoms with Crippen LogP contribution in [0.5, 0.6) is 11.5 Å². The Hall–Kier alpha value is -3.43. The van der Waals surface area contributed by atoms with Crippen LogP contribution in [0.4, 0.5) is 27.6 Å². The molecule has 0 aromatic heterocycles. The van der Waals surface area contributed by atoms with E-state index in [-0.39, 0.29) is 22.4 Å². The highest BCUT2D eigenvalue weighted by atomic mass is 19.2. The molecule has 0 radical (unpaired) electrons. The Labute approximate surface area is 187 Å². The van der Waals surface area contributed by atoms with Gasteiger partial charge in [-0.15, -0.1) is 0 Å². The summed E-state index contributed by atoms with van der Waals surface area (Å²) in [5, 5.41) is 3.89. The van der Waals surface area contributed by atoms with E-state index in [1.54, 1.807) is 25.1 Å². The number of hydrazone groups is 1. The Morgan fingerprint density at radius 2 is 1.61 bits per heavy atom. The van der Waals surface area contributed by atoms with Gasteiger partial charge in [-0.1, -0.05) is 13.0 Å². The molecule has 0 bridgehead atoms. The highest BCUT2D eigenvalue weighted by Crippen LogP contribution is 2.35. The molecule has 1 amide bonds. The lowest BCUT2D eigenvalue weighted by Gasteiger charge is -2.17. The predicted molar refractivity (Wildman–Crippen MR) is 113 cm³/mol. The number of benzene rings is 2. The number of hydrogen-bond donors (Lipinski definition) is 0. The van der Waals surface area contributed by atoms with Crippen LogP contribution in [0, 0.1) is 29.1 Å². The molecule has 1 heterocycles. The lowest BCUT2D eigenvalue weighted by Crippen LogP contribution is -2.25. The van der Waals surface area contributed by atoms with Gasteiger partial charge in [0.2, 0.25) is 5.82 Å². The summed E-state index contributed by atoms with van der Waals surface area (Å²) in [4.78, 5) is 12.8. The van der Waals surface area contributed by atoms with E-state index < -0.39 is 40.7 Å². The van der Waals surface area contributed by atoms with Gasteiger partial charge in [-0.2, -0.15) is 10.1 Å². The number of nitrogens with zero attached hydrogens (tertiary/aromatic N) is 2. The molecule has 3 rings (SSSR count). The maximum absolute atomic E-state index is 14.2. The van der Waals surface area contributed by atoms with Crippen LogP contribution >= 0.6 is 0 Å². The van der Waals surface area contributed by atoms with Gasteiger partial charge < -0.3 is 9.47 Å². The molecule has 33 heavy (non-hydrogen) atoms. The first-order chi connectivity index (χ1) is 15.6. The molecule has 0 N–H and O–H groups in total. The summed E-state index contributed by atoms with van der Waals surface area (Å²) in [6.45, 7) is 7.38. The van der Waals surface area contributed by atoms with Gasteiger partial charge in [0.05, 0.1) is 24.0 Å². The van der Waals surface area contributed by atoms with Crippen molar-refractivity contribution in [2.75, 3.05) is 11.6 Å². The van der Waals surface area contributed by atoms with Crippen molar-refractivity contribution in [3.8, 4) is 11.5 Å². The zero-order valence-corrected chi connectivity index (χ0v) is 18.3. The molecule has 2 aromatic rings. The molecule has 0 aliphatic carbocycles. The molecule has 0 unspecified atom stereocenters. The molecule has 1 aliphatic rings. The minimum absolute atomic E-state index is 0.0295. The number of carbonyl (C=O) groups excluding carboxylic acids is 1. The quantitative estimate of drug-likeness (QED) is 0.225. The Kier molecular flexibility index (Phi) is 7.04. The fourth-order valence-electron chi connectivity index (χ4n) is 3.06. The van der Waals surface area contributed by atoms with Crippen LogP contribution in [-0.4, -0.2) is 24.3 Å². The van der Waals surface area contributed by atoms with Crippen LogP contribution in [0.3, 0.4) is 0 Å². The zero-order chi connectivity index (χ0) is 24.4. The number of amides is 1. The summed E-state index contributed by atoms with van der Waals surface area (Å²) in [5.74, 6) is -11.1. The smallest absolute Gasteiger partial charge is 0.280 e. The lowest BCUT2D eigenvalue weighted by atomic mass is 10.1. The van der Waals surface area contributed by atoms with Crippen molar-refractivity contribution in [1.29, 1.82) is 0 Å². The molecule has 1 aliphatic heterocycles. The van der Waals surface area contributed by atoms with Crippen LogP contribution in [-0.2, 0) is 4.79 Å². The standard InChI is InChI=1S/C23H21F5N2O3/c1-5-11(3)33-15-8-7-13(10-16(15)32-6-2)9-14-12(4)29-30(23(14)31)22-20(27)18(25)17(24)19(26)21(22)28/h7-11H,5-6H2,1-4H3/b14-9+/t11-/m1/s1. The Bertz CT molecular complexity index is 1130. The first-order valence-electron chi connectivity index (χ1n) is 10.2. The van der Waals surface area contributed by atoms with E-state index in [4.69, 9.17) is 9.47 Å². The SMILES string of the molecule is CCOc1cc(/C=C2/C(=O)N(c3c(F)c(F)c(F)c(F)c3F)N=C2C)ccc1O[C@H](C)CC. The molecule has 0 spiro atoms. The zero-order valence-electron chi connectivity index (χ0n) is 18.3. The summed E-state index contributed by atoms with van der Waals surface area (Å²) in [7, 11) is 0. The fraction of sp³-hybridized carbons (Fsp3) is 0.304. The summed E-state index contributed by atoms with van der Waals surface area (Å²) >= 11 is 0. The van der Waals surface area contributed by atoms with Gasteiger partial charge in [0, 0.05) is 0 Å². The number of rotatable bonds is 7. The average Bonchev–Trinajstić information content (AvgIpc) is 3.06. The third-order valence-electron chi connectivity index (χ3n) is 4.94. The molecular formula is C23H21F5N2O3. The normalized spacial score (nSPS) is 15.8. The summed E-state index contributed by atoms with van der Waals surface area (Å²) < 4.78 is 80.4. The molecule has 0 saturated heterocycles. The van der Waals surface area contributed by atoms with Crippen LogP contribution in [0.1, 0.15) is 39.7 Å². The minimum atomic E-state index is -2.32. The minimum Gasteiger partial charge on any atom is -0.490 e. The Balaban J connectivity index is 2.00. The van der Waals surface area contributed by atoms with Gasteiger partial charge >= 0.3 is 0 Å². The Morgan fingerprint density at radius 3 is 2.18 bits per heavy atom. The third-order valence-corrected chi connectivity index (χ3v) is 4.94. The summed E-state index contributed by atoms with van der Waals surface area (Å²) in [6, 6.07) is 4.89. The molecule has 0 saturated carbocycles. The highest BCUT2D eigenvalue weighted by molar-refractivity contribution is 6.32. The van der Waals surface area contributed by atoms with Crippen LogP contribution < -0.4 is 14.5 Å². The monoisotopic (exact) mass is 468 g/mol. The van der Waals surface area contributed by atoms with E-state index in [1.165, 1.54) is 13.0 Å². The van der Waals surface area contributed by atoms with E-state index in [0.717, 1.165) is 6.42 Å². The van der Waals surface area contributed by atoms with Crippen LogP contribution in [0.25, 0.3) is 6.08 Å². The van der Waals surface area contributed by atoms with Gasteiger partial charge in [0.15, 0.2) is 34.8 Å². The maximum Gasteiger partial charge on any atom is 0.280 e. The Morgan fingerprint density at radius 1 is 1.00 bits per heavy atom. The van der Waals surface area contributed by atoms with Gasteiger partial charge in [0.1, 0.15) is 5.69 Å². The van der Waals surface area contributed by atoms with E-state index >= 15 is 0 Å². The van der Waals surface area contributed by atoms with Crippen molar-refractivity contribution in [2.24, 2.45) is 5.10 Å². The first kappa shape index (κ1) is 24.2. The predicted octanol–water partition coefficient (Wildman–Crippen LogP) is 5.76. The number of ether oxygens (including phenoxy) is 2. The van der Waals surface area contributed by atoms with Gasteiger partial charge in [-0.3, -0.25) is 4.79 Å². The van der Waals surface area contributed by atoms with Crippen LogP contribution in [0.15, 0.2) is 28.9 Å². The molecule has 1 atom stereocenters. The van der Waals surface area contributed by atoms with Crippen LogP contribution in [0.2, 0.25) is 0 Å². The topological polar surface area (TPSA) is 51.1 Å². The second-order valence-electron chi connectivity index (χ2n) is 7.25. The molecule has 2 aromatic carbocycles. The van der Waals surface area contributed by atoms with Crippen molar-refractivity contribution < 1.29 is 36.2 Å². The maximum atomic E-state index is 14.2. The first-order valence-corrected chi connectivity index (χ1v) is 10.2. The largest absolute Gasteiger partial charge is 0.490 e. The summed E-state index contributed by atoms with van der Waals surface area (Å²) in [5.41, 5.74) is -1.02. The molecule has 0 fully saturated rings. The van der Waals surface area contributed by atoms with Crippen molar-refractivity contribution in [1.82, 2.24) is 0 Å². The third kappa shape index (κ3) is 4.55. The van der Waals surface area contributed by atoms with E-state index in [1.807, 2.05) is 13.8 Å². The van der Waals surface area contributed by atoms with Gasteiger partial charge in [-0.25, -0.2) is 22.0 Å². The molecule has 10 heteroatoms. The fourth-order valence-corrected chi connectivity index (χ4v) is 3.06. The second-order valence-corrected chi connectivity index (χ2v) is 7.25. The lowest BCUT2D eigenvalue weighted by molar-refractivity contribution is -0.114. The average molecular weight is 468 g/mol. The van der Waals surface area contributed by atoms with E-state index in [9.17, 15) is 26.7 Å². The van der Waals surface area contributed by atoms with E-state index in [2.05, 4.69) is 5.10 Å². The summed E-state index contributed by atoms with van der Waals surface area (Å²) in [6.07, 6.45) is 2.09. The number of anilines is 1. The van der Waals surface area contributed by atoms with Crippen molar-refractivity contribution in [2.45, 2.75) is 40.2 Å². The second kappa shape index (κ2) is 9.60. The highest BCUT2D eigenvalue weighted by Gasteiger charge is 2.37. The number of halogens is 5. The van der Waals surface area contributed by atoms with Crippen molar-refractivity contribution in [3.63, 3.8) is 0 Å². The van der Waals surface area contributed by atoms with Gasteiger partial charge in [0.25, 0.3) is 5.91 Å². The molecule has 5 nitrogen and oxygen atoms in total. The number of hydrogen-bond acceptors (Lipinski definition) is 4. The number of carbonyl (C=O) groups is 1.